The maximum absolute atomic E-state index is 12.2. The number of carbonyl (C=O) groups is 3. The monoisotopic (exact) mass is 276 g/mol. The molecule has 0 atom stereocenters. The van der Waals surface area contributed by atoms with Gasteiger partial charge >= 0.3 is 11.9 Å². The molecule has 0 radical (unpaired) electrons. The molecule has 0 spiro atoms. The number of ketones is 1. The van der Waals surface area contributed by atoms with E-state index in [-0.39, 0.29) is 18.8 Å². The van der Waals surface area contributed by atoms with Gasteiger partial charge in [0.2, 0.25) is 5.78 Å². The van der Waals surface area contributed by atoms with Gasteiger partial charge in [-0.2, -0.15) is 0 Å². The highest BCUT2D eigenvalue weighted by Gasteiger charge is 2.22. The number of benzene rings is 1. The van der Waals surface area contributed by atoms with Crippen LogP contribution in [0.4, 0.5) is 0 Å². The molecule has 0 aliphatic carbocycles. The van der Waals surface area contributed by atoms with Crippen molar-refractivity contribution in [2.45, 2.75) is 13.8 Å². The van der Waals surface area contributed by atoms with E-state index in [2.05, 4.69) is 0 Å². The molecule has 0 aliphatic rings. The minimum Gasteiger partial charge on any atom is -0.463 e. The van der Waals surface area contributed by atoms with Crippen molar-refractivity contribution >= 4 is 17.7 Å². The molecule has 1 aromatic carbocycles. The summed E-state index contributed by atoms with van der Waals surface area (Å²) < 4.78 is 9.50. The topological polar surface area (TPSA) is 69.7 Å². The maximum atomic E-state index is 12.2. The quantitative estimate of drug-likeness (QED) is 0.261. The lowest BCUT2D eigenvalue weighted by atomic mass is 10.0. The van der Waals surface area contributed by atoms with Crippen molar-refractivity contribution in [1.82, 2.24) is 0 Å². The Kier molecular flexibility index (Phi) is 6.16. The summed E-state index contributed by atoms with van der Waals surface area (Å²) in [5.74, 6) is -2.16. The zero-order valence-corrected chi connectivity index (χ0v) is 11.4. The van der Waals surface area contributed by atoms with Crippen molar-refractivity contribution in [3.63, 3.8) is 0 Å². The van der Waals surface area contributed by atoms with Gasteiger partial charge in [0.05, 0.1) is 13.2 Å². The fourth-order valence-electron chi connectivity index (χ4n) is 1.47. The van der Waals surface area contributed by atoms with Crippen molar-refractivity contribution in [1.29, 1.82) is 0 Å². The lowest BCUT2D eigenvalue weighted by Crippen LogP contribution is -2.18. The smallest absolute Gasteiger partial charge is 0.342 e. The second kappa shape index (κ2) is 7.89. The molecule has 0 aromatic heterocycles. The molecule has 106 valence electrons. The van der Waals surface area contributed by atoms with Crippen LogP contribution in [0.25, 0.3) is 0 Å². The molecule has 1 rings (SSSR count). The second-order valence-electron chi connectivity index (χ2n) is 3.73. The fourth-order valence-corrected chi connectivity index (χ4v) is 1.47. The van der Waals surface area contributed by atoms with Crippen LogP contribution in [0.2, 0.25) is 0 Å². The molecule has 0 heterocycles. The Labute approximate surface area is 117 Å². The van der Waals surface area contributed by atoms with E-state index in [1.165, 1.54) is 0 Å². The molecular formula is C15H16O5. The summed E-state index contributed by atoms with van der Waals surface area (Å²) in [6, 6.07) is 8.19. The first kappa shape index (κ1) is 15.6. The molecule has 5 heteroatoms. The van der Waals surface area contributed by atoms with Crippen molar-refractivity contribution in [2.75, 3.05) is 13.2 Å². The Morgan fingerprint density at radius 3 is 2.15 bits per heavy atom. The summed E-state index contributed by atoms with van der Waals surface area (Å²) in [6.45, 7) is 3.52. The van der Waals surface area contributed by atoms with Gasteiger partial charge in [-0.05, 0) is 13.8 Å². The highest BCUT2D eigenvalue weighted by Crippen LogP contribution is 2.10. The summed E-state index contributed by atoms with van der Waals surface area (Å²) in [6.07, 6.45) is 0.872. The molecule has 0 aliphatic heterocycles. The SMILES string of the molecule is CCOC(=O)/C=C(\C(=O)OCC)C(=O)c1ccccc1. The molecule has 0 unspecified atom stereocenters. The average Bonchev–Trinajstić information content (AvgIpc) is 2.45. The predicted octanol–water partition coefficient (Wildman–Crippen LogP) is 1.92. The van der Waals surface area contributed by atoms with E-state index in [4.69, 9.17) is 9.47 Å². The molecular weight excluding hydrogens is 260 g/mol. The maximum Gasteiger partial charge on any atom is 0.342 e. The van der Waals surface area contributed by atoms with E-state index in [1.807, 2.05) is 0 Å². The van der Waals surface area contributed by atoms with E-state index < -0.39 is 17.7 Å². The molecule has 0 saturated carbocycles. The van der Waals surface area contributed by atoms with E-state index >= 15 is 0 Å². The summed E-state index contributed by atoms with van der Waals surface area (Å²) in [5.41, 5.74) is -0.0346. The van der Waals surface area contributed by atoms with Crippen LogP contribution in [0.1, 0.15) is 24.2 Å². The van der Waals surface area contributed by atoms with E-state index in [0.29, 0.717) is 5.56 Å². The van der Waals surface area contributed by atoms with Gasteiger partial charge in [0.15, 0.2) is 0 Å². The Morgan fingerprint density at radius 2 is 1.60 bits per heavy atom. The van der Waals surface area contributed by atoms with Gasteiger partial charge in [-0.15, -0.1) is 0 Å². The van der Waals surface area contributed by atoms with E-state index in [0.717, 1.165) is 6.08 Å². The minimum absolute atomic E-state index is 0.112. The third-order valence-corrected chi connectivity index (χ3v) is 2.32. The van der Waals surface area contributed by atoms with Crippen LogP contribution in [0.15, 0.2) is 42.0 Å². The van der Waals surface area contributed by atoms with Gasteiger partial charge in [-0.25, -0.2) is 9.59 Å². The number of esters is 2. The zero-order chi connectivity index (χ0) is 15.0. The third kappa shape index (κ3) is 4.35. The summed E-state index contributed by atoms with van der Waals surface area (Å²) in [5, 5.41) is 0. The van der Waals surface area contributed by atoms with Gasteiger partial charge in [0.25, 0.3) is 0 Å². The molecule has 20 heavy (non-hydrogen) atoms. The largest absolute Gasteiger partial charge is 0.463 e. The molecule has 0 fully saturated rings. The van der Waals surface area contributed by atoms with Crippen LogP contribution in [0.3, 0.4) is 0 Å². The minimum atomic E-state index is -0.839. The first-order valence-corrected chi connectivity index (χ1v) is 6.25. The predicted molar refractivity (Wildman–Crippen MR) is 72.1 cm³/mol. The highest BCUT2D eigenvalue weighted by atomic mass is 16.5. The molecule has 0 bridgehead atoms. The fraction of sp³-hybridized carbons (Fsp3) is 0.267. The third-order valence-electron chi connectivity index (χ3n) is 2.32. The van der Waals surface area contributed by atoms with Crippen LogP contribution >= 0.6 is 0 Å². The first-order valence-electron chi connectivity index (χ1n) is 6.25. The van der Waals surface area contributed by atoms with Gasteiger partial charge in [0.1, 0.15) is 5.57 Å². The van der Waals surface area contributed by atoms with Crippen molar-refractivity contribution in [2.24, 2.45) is 0 Å². The number of ether oxygens (including phenoxy) is 2. The van der Waals surface area contributed by atoms with E-state index in [1.54, 1.807) is 44.2 Å². The summed E-state index contributed by atoms with van der Waals surface area (Å²) in [4.78, 5) is 35.4. The Hall–Kier alpha value is -2.43. The Balaban J connectivity index is 3.08. The van der Waals surface area contributed by atoms with Crippen molar-refractivity contribution in [3.8, 4) is 0 Å². The number of Topliss-reactive ketones (excluding diaryl/α,β-unsaturated/α-hetero) is 1. The second-order valence-corrected chi connectivity index (χ2v) is 3.73. The van der Waals surface area contributed by atoms with Crippen molar-refractivity contribution in [3.05, 3.63) is 47.5 Å². The first-order chi connectivity index (χ1) is 9.60. The summed E-state index contributed by atoms with van der Waals surface area (Å²) >= 11 is 0. The number of carbonyl (C=O) groups excluding carboxylic acids is 3. The van der Waals surface area contributed by atoms with Gasteiger partial charge < -0.3 is 9.47 Å². The van der Waals surface area contributed by atoms with Crippen LogP contribution in [0.5, 0.6) is 0 Å². The van der Waals surface area contributed by atoms with Gasteiger partial charge in [0, 0.05) is 11.6 Å². The lowest BCUT2D eigenvalue weighted by Gasteiger charge is -2.06. The standard InChI is InChI=1S/C15H16O5/c1-3-19-13(16)10-12(15(18)20-4-2)14(17)11-8-6-5-7-9-11/h5-10H,3-4H2,1-2H3/b12-10-. The van der Waals surface area contributed by atoms with Gasteiger partial charge in [-0.1, -0.05) is 30.3 Å². The van der Waals surface area contributed by atoms with Crippen LogP contribution in [-0.2, 0) is 19.1 Å². The average molecular weight is 276 g/mol. The molecule has 0 N–H and O–H groups in total. The van der Waals surface area contributed by atoms with E-state index in [9.17, 15) is 14.4 Å². The Bertz CT molecular complexity index is 516. The van der Waals surface area contributed by atoms with Crippen LogP contribution < -0.4 is 0 Å². The van der Waals surface area contributed by atoms with Crippen LogP contribution in [0, 0.1) is 0 Å². The van der Waals surface area contributed by atoms with Gasteiger partial charge in [-0.3, -0.25) is 4.79 Å². The normalized spacial score (nSPS) is 10.8. The molecule has 1 aromatic rings. The molecule has 0 amide bonds. The number of hydrogen-bond donors (Lipinski definition) is 0. The molecule has 0 saturated heterocycles. The number of rotatable bonds is 6. The molecule has 5 nitrogen and oxygen atoms in total. The number of hydrogen-bond acceptors (Lipinski definition) is 5. The lowest BCUT2D eigenvalue weighted by molar-refractivity contribution is -0.140. The highest BCUT2D eigenvalue weighted by molar-refractivity contribution is 6.26. The summed E-state index contributed by atoms with van der Waals surface area (Å²) in [7, 11) is 0. The zero-order valence-electron chi connectivity index (χ0n) is 11.4. The Morgan fingerprint density at radius 1 is 1.00 bits per heavy atom. The van der Waals surface area contributed by atoms with Crippen LogP contribution in [-0.4, -0.2) is 30.9 Å². The van der Waals surface area contributed by atoms with Crippen molar-refractivity contribution < 1.29 is 23.9 Å².